The zero-order valence-corrected chi connectivity index (χ0v) is 20.2. The first kappa shape index (κ1) is 22.5. The number of ether oxygens (including phenoxy) is 1. The van der Waals surface area contributed by atoms with Crippen molar-refractivity contribution in [3.8, 4) is 11.4 Å². The molecule has 0 saturated heterocycles. The van der Waals surface area contributed by atoms with Crippen LogP contribution >= 0.6 is 0 Å². The van der Waals surface area contributed by atoms with E-state index in [0.29, 0.717) is 40.3 Å². The Hall–Kier alpha value is -4.97. The number of fused-ring (bicyclic) bond motifs is 2. The van der Waals surface area contributed by atoms with Crippen molar-refractivity contribution in [2.45, 2.75) is 6.54 Å². The zero-order valence-electron chi connectivity index (χ0n) is 20.2. The van der Waals surface area contributed by atoms with Gasteiger partial charge in [0.1, 0.15) is 11.6 Å². The predicted octanol–water partition coefficient (Wildman–Crippen LogP) is 5.48. The molecule has 1 aromatic heterocycles. The van der Waals surface area contributed by atoms with Crippen LogP contribution in [0, 0.1) is 0 Å². The largest absolute Gasteiger partial charge is 0.497 e. The quantitative estimate of drug-likeness (QED) is 0.309. The molecule has 0 spiro atoms. The smallest absolute Gasteiger partial charge is 0.266 e. The van der Waals surface area contributed by atoms with E-state index in [1.165, 1.54) is 4.57 Å². The number of carbonyl (C=O) groups excluding carboxylic acids is 1. The standard InChI is InChI=1S/C31H23N3O3/c1-37-23-13-9-12-22(18-23)34-29(32-27-16-7-5-15-25(27)31(34)36)19-26-24-14-6-8-17-28(24)33(30(26)35)20-21-10-3-2-4-11-21/h2-19H,20H2,1H3/b26-19+. The second kappa shape index (κ2) is 9.24. The molecule has 0 atom stereocenters. The van der Waals surface area contributed by atoms with Crippen LogP contribution in [0.5, 0.6) is 5.75 Å². The third-order valence-electron chi connectivity index (χ3n) is 6.53. The van der Waals surface area contributed by atoms with Gasteiger partial charge in [0.25, 0.3) is 11.5 Å². The third-order valence-corrected chi connectivity index (χ3v) is 6.53. The molecule has 2 heterocycles. The number of nitrogens with zero attached hydrogens (tertiary/aromatic N) is 3. The molecule has 6 rings (SSSR count). The summed E-state index contributed by atoms with van der Waals surface area (Å²) in [5.41, 5.74) is 4.12. The number of anilines is 1. The molecule has 6 heteroatoms. The van der Waals surface area contributed by atoms with Crippen LogP contribution in [-0.4, -0.2) is 22.6 Å². The van der Waals surface area contributed by atoms with Gasteiger partial charge in [0.05, 0.1) is 41.5 Å². The van der Waals surface area contributed by atoms with Gasteiger partial charge in [-0.15, -0.1) is 0 Å². The maximum absolute atomic E-state index is 13.8. The van der Waals surface area contributed by atoms with E-state index in [0.717, 1.165) is 16.8 Å². The van der Waals surface area contributed by atoms with Crippen molar-refractivity contribution in [3.63, 3.8) is 0 Å². The van der Waals surface area contributed by atoms with Crippen molar-refractivity contribution in [2.24, 2.45) is 0 Å². The number of hydrogen-bond donors (Lipinski definition) is 0. The fourth-order valence-corrected chi connectivity index (χ4v) is 4.74. The number of benzene rings is 4. The lowest BCUT2D eigenvalue weighted by atomic mass is 10.1. The van der Waals surface area contributed by atoms with E-state index in [9.17, 15) is 9.59 Å². The molecule has 0 N–H and O–H groups in total. The molecular weight excluding hydrogens is 462 g/mol. The Kier molecular flexibility index (Phi) is 5.62. The highest BCUT2D eigenvalue weighted by Gasteiger charge is 2.32. The molecule has 0 saturated carbocycles. The van der Waals surface area contributed by atoms with Crippen molar-refractivity contribution >= 4 is 34.1 Å². The summed E-state index contributed by atoms with van der Waals surface area (Å²) in [4.78, 5) is 34.1. The Morgan fingerprint density at radius 1 is 0.838 bits per heavy atom. The van der Waals surface area contributed by atoms with E-state index in [1.54, 1.807) is 36.3 Å². The Morgan fingerprint density at radius 2 is 1.59 bits per heavy atom. The van der Waals surface area contributed by atoms with Gasteiger partial charge in [-0.2, -0.15) is 0 Å². The van der Waals surface area contributed by atoms with Gasteiger partial charge in [0.15, 0.2) is 0 Å². The number of amides is 1. The van der Waals surface area contributed by atoms with Crippen molar-refractivity contribution in [1.82, 2.24) is 9.55 Å². The number of rotatable bonds is 5. The Morgan fingerprint density at radius 3 is 2.43 bits per heavy atom. The van der Waals surface area contributed by atoms with E-state index < -0.39 is 0 Å². The highest BCUT2D eigenvalue weighted by molar-refractivity contribution is 6.35. The molecule has 0 fully saturated rings. The second-order valence-electron chi connectivity index (χ2n) is 8.78. The first-order chi connectivity index (χ1) is 18.1. The lowest BCUT2D eigenvalue weighted by Gasteiger charge is -2.17. The van der Waals surface area contributed by atoms with E-state index in [-0.39, 0.29) is 11.5 Å². The summed E-state index contributed by atoms with van der Waals surface area (Å²) in [7, 11) is 1.58. The summed E-state index contributed by atoms with van der Waals surface area (Å²) in [6.07, 6.45) is 1.72. The first-order valence-corrected chi connectivity index (χ1v) is 12.0. The fourth-order valence-electron chi connectivity index (χ4n) is 4.74. The molecule has 0 bridgehead atoms. The van der Waals surface area contributed by atoms with Crippen molar-refractivity contribution in [2.75, 3.05) is 12.0 Å². The molecule has 37 heavy (non-hydrogen) atoms. The van der Waals surface area contributed by atoms with Crippen LogP contribution < -0.4 is 15.2 Å². The summed E-state index contributed by atoms with van der Waals surface area (Å²) in [6.45, 7) is 0.446. The van der Waals surface area contributed by atoms with Crippen molar-refractivity contribution < 1.29 is 9.53 Å². The minimum absolute atomic E-state index is 0.135. The summed E-state index contributed by atoms with van der Waals surface area (Å²) in [6, 6.07) is 32.1. The second-order valence-corrected chi connectivity index (χ2v) is 8.78. The average Bonchev–Trinajstić information content (AvgIpc) is 3.20. The number of aromatic nitrogens is 2. The molecule has 4 aromatic carbocycles. The van der Waals surface area contributed by atoms with Gasteiger partial charge >= 0.3 is 0 Å². The maximum atomic E-state index is 13.8. The van der Waals surface area contributed by atoms with Gasteiger partial charge in [0, 0.05) is 11.6 Å². The molecule has 1 amide bonds. The minimum Gasteiger partial charge on any atom is -0.497 e. The minimum atomic E-state index is -0.217. The molecule has 5 aromatic rings. The third kappa shape index (κ3) is 3.98. The number of para-hydroxylation sites is 2. The van der Waals surface area contributed by atoms with Gasteiger partial charge in [-0.05, 0) is 42.0 Å². The summed E-state index contributed by atoms with van der Waals surface area (Å²) >= 11 is 0. The van der Waals surface area contributed by atoms with Gasteiger partial charge in [0.2, 0.25) is 0 Å². The number of hydrogen-bond acceptors (Lipinski definition) is 4. The van der Waals surface area contributed by atoms with Crippen LogP contribution in [-0.2, 0) is 11.3 Å². The fraction of sp³-hybridized carbons (Fsp3) is 0.0645. The van der Waals surface area contributed by atoms with Gasteiger partial charge in [-0.25, -0.2) is 4.98 Å². The van der Waals surface area contributed by atoms with Crippen LogP contribution in [0.15, 0.2) is 108 Å². The summed E-state index contributed by atoms with van der Waals surface area (Å²) in [5, 5.41) is 0.497. The van der Waals surface area contributed by atoms with Gasteiger partial charge in [-0.3, -0.25) is 14.2 Å². The summed E-state index contributed by atoms with van der Waals surface area (Å²) < 4.78 is 6.93. The van der Waals surface area contributed by atoms with E-state index in [2.05, 4.69) is 0 Å². The van der Waals surface area contributed by atoms with Crippen LogP contribution in [0.3, 0.4) is 0 Å². The maximum Gasteiger partial charge on any atom is 0.266 e. The molecule has 0 aliphatic carbocycles. The van der Waals surface area contributed by atoms with E-state index in [4.69, 9.17) is 9.72 Å². The predicted molar refractivity (Wildman–Crippen MR) is 146 cm³/mol. The molecule has 0 unspecified atom stereocenters. The topological polar surface area (TPSA) is 64.4 Å². The Bertz CT molecular complexity index is 1740. The Balaban J connectivity index is 1.56. The van der Waals surface area contributed by atoms with Crippen LogP contribution in [0.25, 0.3) is 28.2 Å². The van der Waals surface area contributed by atoms with Crippen molar-refractivity contribution in [3.05, 3.63) is 130 Å². The first-order valence-electron chi connectivity index (χ1n) is 12.0. The number of methoxy groups -OCH3 is 1. The molecular formula is C31H23N3O3. The lowest BCUT2D eigenvalue weighted by Crippen LogP contribution is -2.26. The summed E-state index contributed by atoms with van der Waals surface area (Å²) in [5.74, 6) is 0.855. The van der Waals surface area contributed by atoms with E-state index >= 15 is 0 Å². The molecule has 1 aliphatic heterocycles. The van der Waals surface area contributed by atoms with Gasteiger partial charge in [-0.1, -0.05) is 66.7 Å². The molecule has 1 aliphatic rings. The molecule has 180 valence electrons. The lowest BCUT2D eigenvalue weighted by molar-refractivity contribution is -0.113. The van der Waals surface area contributed by atoms with Crippen LogP contribution in [0.4, 0.5) is 5.69 Å². The van der Waals surface area contributed by atoms with Crippen molar-refractivity contribution in [1.29, 1.82) is 0 Å². The molecule has 6 nitrogen and oxygen atoms in total. The van der Waals surface area contributed by atoms with E-state index in [1.807, 2.05) is 84.9 Å². The highest BCUT2D eigenvalue weighted by Crippen LogP contribution is 2.38. The number of carbonyl (C=O) groups is 1. The zero-order chi connectivity index (χ0) is 25.4. The van der Waals surface area contributed by atoms with Gasteiger partial charge < -0.3 is 9.64 Å². The van der Waals surface area contributed by atoms with Crippen LogP contribution in [0.1, 0.15) is 17.0 Å². The normalized spacial score (nSPS) is 13.8. The monoisotopic (exact) mass is 485 g/mol. The average molecular weight is 486 g/mol. The Labute approximate surface area is 213 Å². The highest BCUT2D eigenvalue weighted by atomic mass is 16.5. The SMILES string of the molecule is COc1cccc(-n2c(/C=C3/C(=O)N(Cc4ccccc4)c4ccccc43)nc3ccccc3c2=O)c1. The molecule has 0 radical (unpaired) electrons. The van der Waals surface area contributed by atoms with Crippen LogP contribution in [0.2, 0.25) is 0 Å².